The molecule has 4 heteroatoms. The normalized spacial score (nSPS) is 10.4. The Morgan fingerprint density at radius 3 is 2.50 bits per heavy atom. The number of hydrogen-bond acceptors (Lipinski definition) is 3. The van der Waals surface area contributed by atoms with Crippen LogP contribution in [0, 0.1) is 0 Å². The lowest BCUT2D eigenvalue weighted by atomic mass is 10.1. The third-order valence-electron chi connectivity index (χ3n) is 3.14. The van der Waals surface area contributed by atoms with E-state index in [0.717, 1.165) is 16.6 Å². The smallest absolute Gasteiger partial charge is 0.342 e. The maximum atomic E-state index is 12.0. The lowest BCUT2D eigenvalue weighted by Gasteiger charge is -2.06. The van der Waals surface area contributed by atoms with Crippen molar-refractivity contribution in [2.75, 3.05) is 12.4 Å². The van der Waals surface area contributed by atoms with E-state index in [-0.39, 0.29) is 5.97 Å². The molecule has 0 fully saturated rings. The number of esters is 1. The van der Waals surface area contributed by atoms with Gasteiger partial charge < -0.3 is 15.0 Å². The van der Waals surface area contributed by atoms with Gasteiger partial charge in [-0.25, -0.2) is 4.79 Å². The maximum absolute atomic E-state index is 12.0. The largest absolute Gasteiger partial charge is 0.465 e. The SMILES string of the molecule is COC(=O)c1c(Nc2ccccc2)[nH]c2ccccc12. The van der Waals surface area contributed by atoms with Crippen LogP contribution in [-0.4, -0.2) is 18.1 Å². The van der Waals surface area contributed by atoms with Crippen LogP contribution in [0.15, 0.2) is 54.6 Å². The Bertz CT molecular complexity index is 748. The molecule has 0 saturated heterocycles. The van der Waals surface area contributed by atoms with Crippen molar-refractivity contribution in [3.8, 4) is 0 Å². The highest BCUT2D eigenvalue weighted by atomic mass is 16.5. The zero-order chi connectivity index (χ0) is 13.9. The minimum atomic E-state index is -0.360. The maximum Gasteiger partial charge on any atom is 0.342 e. The van der Waals surface area contributed by atoms with Gasteiger partial charge in [0, 0.05) is 16.6 Å². The van der Waals surface area contributed by atoms with Crippen molar-refractivity contribution in [3.05, 3.63) is 60.2 Å². The van der Waals surface area contributed by atoms with Gasteiger partial charge in [-0.2, -0.15) is 0 Å². The zero-order valence-electron chi connectivity index (χ0n) is 11.0. The second kappa shape index (κ2) is 5.09. The van der Waals surface area contributed by atoms with Crippen LogP contribution in [0.1, 0.15) is 10.4 Å². The Morgan fingerprint density at radius 2 is 1.75 bits per heavy atom. The molecule has 0 amide bonds. The number of aromatic nitrogens is 1. The fourth-order valence-corrected chi connectivity index (χ4v) is 2.22. The van der Waals surface area contributed by atoms with Crippen molar-refractivity contribution in [1.82, 2.24) is 4.98 Å². The summed E-state index contributed by atoms with van der Waals surface area (Å²) in [5, 5.41) is 4.07. The summed E-state index contributed by atoms with van der Waals surface area (Å²) in [5.74, 6) is 0.283. The lowest BCUT2D eigenvalue weighted by molar-refractivity contribution is 0.0604. The van der Waals surface area contributed by atoms with Gasteiger partial charge in [0.05, 0.1) is 7.11 Å². The molecule has 3 rings (SSSR count). The van der Waals surface area contributed by atoms with Crippen molar-refractivity contribution in [2.45, 2.75) is 0 Å². The highest BCUT2D eigenvalue weighted by Gasteiger charge is 2.18. The number of para-hydroxylation sites is 2. The van der Waals surface area contributed by atoms with Crippen molar-refractivity contribution < 1.29 is 9.53 Å². The minimum Gasteiger partial charge on any atom is -0.465 e. The first-order chi connectivity index (χ1) is 9.79. The highest BCUT2D eigenvalue weighted by molar-refractivity contribution is 6.09. The van der Waals surface area contributed by atoms with Gasteiger partial charge >= 0.3 is 5.97 Å². The second-order valence-corrected chi connectivity index (χ2v) is 4.40. The molecule has 1 aromatic heterocycles. The van der Waals surface area contributed by atoms with Crippen molar-refractivity contribution in [3.63, 3.8) is 0 Å². The summed E-state index contributed by atoms with van der Waals surface area (Å²) in [4.78, 5) is 15.2. The Morgan fingerprint density at radius 1 is 1.05 bits per heavy atom. The predicted molar refractivity (Wildman–Crippen MR) is 79.4 cm³/mol. The van der Waals surface area contributed by atoms with Crippen LogP contribution in [0.4, 0.5) is 11.5 Å². The molecule has 0 unspecified atom stereocenters. The van der Waals surface area contributed by atoms with Crippen LogP contribution in [0.5, 0.6) is 0 Å². The fourth-order valence-electron chi connectivity index (χ4n) is 2.22. The molecule has 0 bridgehead atoms. The Kier molecular flexibility index (Phi) is 3.13. The number of H-pyrrole nitrogens is 1. The van der Waals surface area contributed by atoms with E-state index in [1.165, 1.54) is 7.11 Å². The highest BCUT2D eigenvalue weighted by Crippen LogP contribution is 2.29. The number of anilines is 2. The number of benzene rings is 2. The zero-order valence-corrected chi connectivity index (χ0v) is 11.0. The number of ether oxygens (including phenoxy) is 1. The van der Waals surface area contributed by atoms with Gasteiger partial charge in [-0.1, -0.05) is 36.4 Å². The summed E-state index contributed by atoms with van der Waals surface area (Å²) >= 11 is 0. The molecule has 0 aliphatic heterocycles. The molecule has 1 heterocycles. The number of methoxy groups -OCH3 is 1. The third kappa shape index (κ3) is 2.12. The monoisotopic (exact) mass is 266 g/mol. The minimum absolute atomic E-state index is 0.360. The van der Waals surface area contributed by atoms with Crippen LogP contribution >= 0.6 is 0 Å². The summed E-state index contributed by atoms with van der Waals surface area (Å²) in [6, 6.07) is 17.3. The molecule has 2 N–H and O–H groups in total. The van der Waals surface area contributed by atoms with Gasteiger partial charge in [0.15, 0.2) is 0 Å². The van der Waals surface area contributed by atoms with E-state index >= 15 is 0 Å². The van der Waals surface area contributed by atoms with E-state index in [9.17, 15) is 4.79 Å². The van der Waals surface area contributed by atoms with Crippen LogP contribution in [-0.2, 0) is 4.74 Å². The molecule has 0 atom stereocenters. The van der Waals surface area contributed by atoms with Gasteiger partial charge in [0.2, 0.25) is 0 Å². The van der Waals surface area contributed by atoms with E-state index in [0.29, 0.717) is 11.4 Å². The summed E-state index contributed by atoms with van der Waals surface area (Å²) in [7, 11) is 1.39. The molecule has 0 aliphatic carbocycles. The molecule has 3 aromatic rings. The average molecular weight is 266 g/mol. The van der Waals surface area contributed by atoms with Crippen LogP contribution in [0.3, 0.4) is 0 Å². The van der Waals surface area contributed by atoms with Crippen LogP contribution in [0.25, 0.3) is 10.9 Å². The standard InChI is InChI=1S/C16H14N2O2/c1-20-16(19)14-12-9-5-6-10-13(12)18-15(14)17-11-7-3-2-4-8-11/h2-10,17-18H,1H3. The Balaban J connectivity index is 2.12. The summed E-state index contributed by atoms with van der Waals surface area (Å²) < 4.78 is 4.88. The molecule has 0 aliphatic rings. The van der Waals surface area contributed by atoms with Crippen molar-refractivity contribution >= 4 is 28.4 Å². The number of carbonyl (C=O) groups excluding carboxylic acids is 1. The topological polar surface area (TPSA) is 54.1 Å². The van der Waals surface area contributed by atoms with E-state index < -0.39 is 0 Å². The summed E-state index contributed by atoms with van der Waals surface area (Å²) in [5.41, 5.74) is 2.32. The molecule has 2 aromatic carbocycles. The third-order valence-corrected chi connectivity index (χ3v) is 3.14. The molecule has 4 nitrogen and oxygen atoms in total. The van der Waals surface area contributed by atoms with E-state index in [2.05, 4.69) is 10.3 Å². The number of aromatic amines is 1. The molecular formula is C16H14N2O2. The molecule has 100 valence electrons. The van der Waals surface area contributed by atoms with E-state index in [1.54, 1.807) is 0 Å². The van der Waals surface area contributed by atoms with Crippen molar-refractivity contribution in [1.29, 1.82) is 0 Å². The molecule has 0 saturated carbocycles. The van der Waals surface area contributed by atoms with Crippen LogP contribution < -0.4 is 5.32 Å². The van der Waals surface area contributed by atoms with Crippen molar-refractivity contribution in [2.24, 2.45) is 0 Å². The van der Waals surface area contributed by atoms with Gasteiger partial charge in [0.25, 0.3) is 0 Å². The van der Waals surface area contributed by atoms with Gasteiger partial charge in [0.1, 0.15) is 11.4 Å². The summed E-state index contributed by atoms with van der Waals surface area (Å²) in [6.45, 7) is 0. The Labute approximate surface area is 116 Å². The molecular weight excluding hydrogens is 252 g/mol. The van der Waals surface area contributed by atoms with Gasteiger partial charge in [-0.15, -0.1) is 0 Å². The van der Waals surface area contributed by atoms with Gasteiger partial charge in [-0.05, 0) is 18.2 Å². The quantitative estimate of drug-likeness (QED) is 0.711. The van der Waals surface area contributed by atoms with E-state index in [4.69, 9.17) is 4.74 Å². The first kappa shape index (κ1) is 12.3. The predicted octanol–water partition coefficient (Wildman–Crippen LogP) is 3.70. The first-order valence-electron chi connectivity index (χ1n) is 6.30. The first-order valence-corrected chi connectivity index (χ1v) is 6.30. The molecule has 0 spiro atoms. The van der Waals surface area contributed by atoms with E-state index in [1.807, 2.05) is 54.6 Å². The number of carbonyl (C=O) groups is 1. The number of nitrogens with one attached hydrogen (secondary N) is 2. The van der Waals surface area contributed by atoms with Gasteiger partial charge in [-0.3, -0.25) is 0 Å². The molecule has 0 radical (unpaired) electrons. The fraction of sp³-hybridized carbons (Fsp3) is 0.0625. The number of rotatable bonds is 3. The Hall–Kier alpha value is -2.75. The number of fused-ring (bicyclic) bond motifs is 1. The number of hydrogen-bond donors (Lipinski definition) is 2. The summed E-state index contributed by atoms with van der Waals surface area (Å²) in [6.07, 6.45) is 0. The lowest BCUT2D eigenvalue weighted by Crippen LogP contribution is -2.04. The van der Waals surface area contributed by atoms with Crippen LogP contribution in [0.2, 0.25) is 0 Å². The second-order valence-electron chi connectivity index (χ2n) is 4.40. The molecule has 20 heavy (non-hydrogen) atoms. The average Bonchev–Trinajstić information content (AvgIpc) is 2.85.